The first-order valence-electron chi connectivity index (χ1n) is 12.1. The van der Waals surface area contributed by atoms with Crippen LogP contribution in [0.4, 0.5) is 0 Å². The van der Waals surface area contributed by atoms with Gasteiger partial charge in [0.2, 0.25) is 11.8 Å². The van der Waals surface area contributed by atoms with E-state index in [4.69, 9.17) is 0 Å². The Kier molecular flexibility index (Phi) is 6.35. The molecule has 9 heteroatoms. The minimum Gasteiger partial charge on any atom is -0.379 e. The van der Waals surface area contributed by atoms with Gasteiger partial charge in [0.05, 0.1) is 17.9 Å². The number of fused-ring (bicyclic) bond motifs is 1. The van der Waals surface area contributed by atoms with Crippen LogP contribution in [0.25, 0.3) is 0 Å². The molecule has 5 aliphatic rings. The number of imide groups is 1. The molecule has 4 fully saturated rings. The summed E-state index contributed by atoms with van der Waals surface area (Å²) < 4.78 is 0. The van der Waals surface area contributed by atoms with Crippen molar-refractivity contribution < 1.29 is 19.8 Å². The van der Waals surface area contributed by atoms with Crippen molar-refractivity contribution in [3.8, 4) is 0 Å². The van der Waals surface area contributed by atoms with Gasteiger partial charge in [-0.2, -0.15) is 0 Å². The number of allylic oxidation sites excluding steroid dienone is 1. The van der Waals surface area contributed by atoms with Crippen LogP contribution >= 0.6 is 0 Å². The van der Waals surface area contributed by atoms with Gasteiger partial charge in [-0.3, -0.25) is 24.7 Å². The number of rotatable bonds is 4. The largest absolute Gasteiger partial charge is 0.379 e. The molecule has 0 spiro atoms. The number of carbonyl (C=O) groups excluding carboxylic acids is 2. The van der Waals surface area contributed by atoms with Gasteiger partial charge in [-0.1, -0.05) is 6.08 Å². The van der Waals surface area contributed by atoms with Gasteiger partial charge in [-0.15, -0.1) is 0 Å². The first-order chi connectivity index (χ1) is 15.5. The molecule has 0 radical (unpaired) electrons. The number of amides is 2. The number of nitrogens with zero attached hydrogens (tertiary/aromatic N) is 3. The Morgan fingerprint density at radius 2 is 1.66 bits per heavy atom. The Bertz CT molecular complexity index is 787. The highest BCUT2D eigenvalue weighted by Gasteiger charge is 2.51. The molecule has 0 aromatic heterocycles. The topological polar surface area (TPSA) is 108 Å². The molecule has 32 heavy (non-hydrogen) atoms. The summed E-state index contributed by atoms with van der Waals surface area (Å²) in [5, 5.41) is 26.0. The molecule has 4 N–H and O–H groups in total. The van der Waals surface area contributed by atoms with E-state index in [1.807, 2.05) is 18.2 Å². The Labute approximate surface area is 189 Å². The van der Waals surface area contributed by atoms with Crippen molar-refractivity contribution in [3.63, 3.8) is 0 Å². The average molecular weight is 446 g/mol. The summed E-state index contributed by atoms with van der Waals surface area (Å²) >= 11 is 0. The van der Waals surface area contributed by atoms with Crippen molar-refractivity contribution in [2.24, 2.45) is 17.8 Å². The third kappa shape index (κ3) is 4.24. The van der Waals surface area contributed by atoms with E-state index in [0.29, 0.717) is 12.8 Å². The minimum absolute atomic E-state index is 0.242. The molecule has 176 valence electrons. The zero-order valence-electron chi connectivity index (χ0n) is 18.5. The first kappa shape index (κ1) is 22.0. The summed E-state index contributed by atoms with van der Waals surface area (Å²) in [6.07, 6.45) is 7.19. The lowest BCUT2D eigenvalue weighted by Crippen LogP contribution is -2.58. The van der Waals surface area contributed by atoms with Gasteiger partial charge in [0, 0.05) is 38.4 Å². The van der Waals surface area contributed by atoms with Crippen LogP contribution in [0.15, 0.2) is 23.9 Å². The number of aliphatic hydroxyl groups is 2. The molecule has 0 bridgehead atoms. The number of hydrogen-bond acceptors (Lipinski definition) is 8. The van der Waals surface area contributed by atoms with Gasteiger partial charge >= 0.3 is 0 Å². The second-order valence-corrected chi connectivity index (χ2v) is 9.80. The minimum atomic E-state index is -1.10. The molecule has 9 nitrogen and oxygen atoms in total. The van der Waals surface area contributed by atoms with Crippen molar-refractivity contribution in [1.82, 2.24) is 25.3 Å². The predicted molar refractivity (Wildman–Crippen MR) is 118 cm³/mol. The molecule has 4 saturated heterocycles. The van der Waals surface area contributed by atoms with Gasteiger partial charge in [-0.25, -0.2) is 0 Å². The van der Waals surface area contributed by atoms with E-state index in [-0.39, 0.29) is 11.8 Å². The number of hydrogen-bond donors (Lipinski definition) is 4. The molecule has 5 unspecified atom stereocenters. The van der Waals surface area contributed by atoms with Crippen LogP contribution in [0.2, 0.25) is 0 Å². The number of piperidine rings is 2. The summed E-state index contributed by atoms with van der Waals surface area (Å²) in [6.45, 7) is 7.31. The molecule has 4 aliphatic heterocycles. The highest BCUT2D eigenvalue weighted by atomic mass is 16.3. The molecular weight excluding hydrogens is 410 g/mol. The average Bonchev–Trinajstić information content (AvgIpc) is 3.05. The highest BCUT2D eigenvalue weighted by Crippen LogP contribution is 2.37. The molecule has 5 atom stereocenters. The lowest BCUT2D eigenvalue weighted by atomic mass is 9.89. The molecule has 0 aromatic rings. The Morgan fingerprint density at radius 3 is 2.38 bits per heavy atom. The zero-order valence-corrected chi connectivity index (χ0v) is 18.5. The van der Waals surface area contributed by atoms with E-state index in [9.17, 15) is 19.8 Å². The van der Waals surface area contributed by atoms with Crippen LogP contribution in [-0.4, -0.2) is 101 Å². The van der Waals surface area contributed by atoms with Crippen LogP contribution in [0.5, 0.6) is 0 Å². The summed E-state index contributed by atoms with van der Waals surface area (Å²) in [6, 6.07) is -0.632. The Morgan fingerprint density at radius 1 is 0.938 bits per heavy atom. The second-order valence-electron chi connectivity index (χ2n) is 9.80. The number of aliphatic hydroxyl groups excluding tert-OH is 2. The number of piperazine rings is 1. The molecule has 5 rings (SSSR count). The standard InChI is InChI=1S/C23H35N5O4/c29-20-4-3-19(21(30)25-20)28-22(31)17-2-1-16(13-18(17)23(28)32)27-11-9-26(10-12-27)14-15-5-7-24-8-6-15/h1-2,13,15,17-21,24-25,29-30H,3-12,14H2. The van der Waals surface area contributed by atoms with Crippen LogP contribution in [0.1, 0.15) is 25.7 Å². The fourth-order valence-electron chi connectivity index (χ4n) is 5.86. The van der Waals surface area contributed by atoms with E-state index in [1.54, 1.807) is 0 Å². The van der Waals surface area contributed by atoms with Crippen LogP contribution in [0.3, 0.4) is 0 Å². The van der Waals surface area contributed by atoms with Crippen molar-refractivity contribution in [3.05, 3.63) is 23.9 Å². The third-order valence-corrected chi connectivity index (χ3v) is 7.76. The summed E-state index contributed by atoms with van der Waals surface area (Å²) in [5.74, 6) is -0.703. The maximum Gasteiger partial charge on any atom is 0.237 e. The van der Waals surface area contributed by atoms with Gasteiger partial charge in [-0.05, 0) is 56.8 Å². The maximum absolute atomic E-state index is 13.2. The van der Waals surface area contributed by atoms with E-state index in [0.717, 1.165) is 50.9 Å². The monoisotopic (exact) mass is 445 g/mol. The Balaban J connectivity index is 1.21. The normalized spacial score (nSPS) is 37.1. The maximum atomic E-state index is 13.2. The predicted octanol–water partition coefficient (Wildman–Crippen LogP) is -0.953. The van der Waals surface area contributed by atoms with Gasteiger partial charge in [0.15, 0.2) is 0 Å². The van der Waals surface area contributed by atoms with Gasteiger partial charge in [0.25, 0.3) is 0 Å². The van der Waals surface area contributed by atoms with E-state index < -0.39 is 30.3 Å². The first-order valence-corrected chi connectivity index (χ1v) is 12.1. The summed E-state index contributed by atoms with van der Waals surface area (Å²) in [5.41, 5.74) is 1.02. The molecular formula is C23H35N5O4. The second kappa shape index (κ2) is 9.23. The van der Waals surface area contributed by atoms with E-state index in [2.05, 4.69) is 20.4 Å². The molecule has 4 heterocycles. The van der Waals surface area contributed by atoms with Crippen LogP contribution < -0.4 is 10.6 Å². The smallest absolute Gasteiger partial charge is 0.237 e. The lowest BCUT2D eigenvalue weighted by molar-refractivity contribution is -0.149. The molecule has 0 aromatic carbocycles. The van der Waals surface area contributed by atoms with Crippen molar-refractivity contribution >= 4 is 11.8 Å². The van der Waals surface area contributed by atoms with Crippen molar-refractivity contribution in [2.75, 3.05) is 45.8 Å². The molecule has 0 saturated carbocycles. The van der Waals surface area contributed by atoms with Crippen molar-refractivity contribution in [2.45, 2.75) is 44.2 Å². The number of carbonyl (C=O) groups is 2. The highest BCUT2D eigenvalue weighted by molar-refractivity contribution is 6.07. The number of likely N-dealkylation sites (tertiary alicyclic amines) is 1. The van der Waals surface area contributed by atoms with Gasteiger partial charge < -0.3 is 20.4 Å². The van der Waals surface area contributed by atoms with E-state index in [1.165, 1.54) is 24.3 Å². The summed E-state index contributed by atoms with van der Waals surface area (Å²) in [4.78, 5) is 32.3. The quantitative estimate of drug-likeness (QED) is 0.410. The van der Waals surface area contributed by atoms with Crippen LogP contribution in [-0.2, 0) is 9.59 Å². The van der Waals surface area contributed by atoms with Gasteiger partial charge in [0.1, 0.15) is 12.5 Å². The fraction of sp³-hybridized carbons (Fsp3) is 0.739. The van der Waals surface area contributed by atoms with Crippen LogP contribution in [0, 0.1) is 17.8 Å². The SMILES string of the molecule is O=C1C2C=CC(N3CCN(CC4CCNCC4)CC3)=CC2C(=O)N1C1CCC(O)NC1O. The lowest BCUT2D eigenvalue weighted by Gasteiger charge is -2.39. The third-order valence-electron chi connectivity index (χ3n) is 7.76. The molecule has 2 amide bonds. The zero-order chi connectivity index (χ0) is 22.2. The fourth-order valence-corrected chi connectivity index (χ4v) is 5.86. The number of nitrogens with one attached hydrogen (secondary N) is 2. The van der Waals surface area contributed by atoms with Crippen molar-refractivity contribution in [1.29, 1.82) is 0 Å². The Hall–Kier alpha value is -1.78. The van der Waals surface area contributed by atoms with E-state index >= 15 is 0 Å². The molecule has 1 aliphatic carbocycles. The summed E-state index contributed by atoms with van der Waals surface area (Å²) in [7, 11) is 0.